The van der Waals surface area contributed by atoms with Gasteiger partial charge in [-0.2, -0.15) is 0 Å². The topological polar surface area (TPSA) is 64.4 Å². The summed E-state index contributed by atoms with van der Waals surface area (Å²) in [5.41, 5.74) is 0.592. The number of nitro groups is 1. The SMILES string of the molecule is CNC1CCCCC1OCc1ccc(Cl)cc1[N+](=O)[O-]. The summed E-state index contributed by atoms with van der Waals surface area (Å²) >= 11 is 5.80. The highest BCUT2D eigenvalue weighted by Gasteiger charge is 2.25. The standard InChI is InChI=1S/C14H19ClN2O3/c1-16-12-4-2-3-5-14(12)20-9-10-6-7-11(15)8-13(10)17(18)19/h6-8,12,14,16H,2-5,9H2,1H3. The van der Waals surface area contributed by atoms with Gasteiger partial charge in [0.2, 0.25) is 0 Å². The minimum Gasteiger partial charge on any atom is -0.372 e. The molecule has 6 heteroatoms. The summed E-state index contributed by atoms with van der Waals surface area (Å²) in [5.74, 6) is 0. The van der Waals surface area contributed by atoms with E-state index in [0.29, 0.717) is 16.6 Å². The number of likely N-dealkylation sites (N-methyl/N-ethyl adjacent to an activating group) is 1. The summed E-state index contributed by atoms with van der Waals surface area (Å²) in [6.45, 7) is 0.246. The second-order valence-electron chi connectivity index (χ2n) is 5.06. The van der Waals surface area contributed by atoms with Crippen LogP contribution in [0.1, 0.15) is 31.2 Å². The van der Waals surface area contributed by atoms with Crippen LogP contribution in [0.4, 0.5) is 5.69 Å². The zero-order chi connectivity index (χ0) is 14.5. The lowest BCUT2D eigenvalue weighted by Gasteiger charge is -2.31. The van der Waals surface area contributed by atoms with Crippen molar-refractivity contribution in [3.8, 4) is 0 Å². The molecule has 20 heavy (non-hydrogen) atoms. The normalized spacial score (nSPS) is 22.7. The number of benzene rings is 1. The zero-order valence-corrected chi connectivity index (χ0v) is 12.2. The third kappa shape index (κ3) is 3.69. The average Bonchev–Trinajstić information content (AvgIpc) is 2.46. The molecule has 5 nitrogen and oxygen atoms in total. The molecule has 2 unspecified atom stereocenters. The smallest absolute Gasteiger partial charge is 0.276 e. The Labute approximate surface area is 123 Å². The molecule has 1 saturated carbocycles. The molecule has 1 aliphatic rings. The zero-order valence-electron chi connectivity index (χ0n) is 11.5. The first-order valence-electron chi connectivity index (χ1n) is 6.83. The molecule has 110 valence electrons. The van der Waals surface area contributed by atoms with Gasteiger partial charge in [-0.3, -0.25) is 10.1 Å². The lowest BCUT2D eigenvalue weighted by atomic mass is 9.92. The van der Waals surface area contributed by atoms with Crippen LogP contribution in [0.2, 0.25) is 5.02 Å². The van der Waals surface area contributed by atoms with E-state index >= 15 is 0 Å². The van der Waals surface area contributed by atoms with Crippen molar-refractivity contribution in [1.82, 2.24) is 5.32 Å². The predicted octanol–water partition coefficient (Wildman–Crippen LogP) is 3.30. The van der Waals surface area contributed by atoms with Gasteiger partial charge in [0, 0.05) is 17.1 Å². The van der Waals surface area contributed by atoms with Gasteiger partial charge in [-0.1, -0.05) is 24.4 Å². The maximum absolute atomic E-state index is 11.0. The second-order valence-corrected chi connectivity index (χ2v) is 5.50. The van der Waals surface area contributed by atoms with Crippen LogP contribution in [0.5, 0.6) is 0 Å². The lowest BCUT2D eigenvalue weighted by molar-refractivity contribution is -0.386. The van der Waals surface area contributed by atoms with E-state index in [9.17, 15) is 10.1 Å². The van der Waals surface area contributed by atoms with Crippen LogP contribution >= 0.6 is 11.6 Å². The molecule has 0 spiro atoms. The first-order valence-corrected chi connectivity index (χ1v) is 7.21. The fraction of sp³-hybridized carbons (Fsp3) is 0.571. The Hall–Kier alpha value is -1.17. The molecule has 1 aromatic carbocycles. The quantitative estimate of drug-likeness (QED) is 0.669. The maximum Gasteiger partial charge on any atom is 0.276 e. The molecule has 1 fully saturated rings. The van der Waals surface area contributed by atoms with Crippen molar-refractivity contribution >= 4 is 17.3 Å². The van der Waals surface area contributed by atoms with Crippen molar-refractivity contribution in [2.24, 2.45) is 0 Å². The molecule has 1 aromatic rings. The van der Waals surface area contributed by atoms with Gasteiger partial charge in [-0.25, -0.2) is 0 Å². The Kier molecular flexibility index (Phi) is 5.34. The molecule has 0 saturated heterocycles. The number of hydrogen-bond donors (Lipinski definition) is 1. The lowest BCUT2D eigenvalue weighted by Crippen LogP contribution is -2.41. The molecule has 1 aliphatic carbocycles. The summed E-state index contributed by atoms with van der Waals surface area (Å²) < 4.78 is 5.89. The van der Waals surface area contributed by atoms with Crippen LogP contribution < -0.4 is 5.32 Å². The minimum atomic E-state index is -0.416. The van der Waals surface area contributed by atoms with Crippen molar-refractivity contribution in [1.29, 1.82) is 0 Å². The van der Waals surface area contributed by atoms with Crippen LogP contribution in [0.3, 0.4) is 0 Å². The van der Waals surface area contributed by atoms with Crippen molar-refractivity contribution in [3.05, 3.63) is 38.9 Å². The largest absolute Gasteiger partial charge is 0.372 e. The molecule has 0 aromatic heterocycles. The van der Waals surface area contributed by atoms with Crippen LogP contribution in [0.25, 0.3) is 0 Å². The fourth-order valence-electron chi connectivity index (χ4n) is 2.65. The molecule has 2 rings (SSSR count). The summed E-state index contributed by atoms with van der Waals surface area (Å²) in [6.07, 6.45) is 4.54. The van der Waals surface area contributed by atoms with E-state index in [1.165, 1.54) is 12.5 Å². The van der Waals surface area contributed by atoms with Gasteiger partial charge in [-0.15, -0.1) is 0 Å². The number of hydrogen-bond acceptors (Lipinski definition) is 4. The van der Waals surface area contributed by atoms with Crippen molar-refractivity contribution in [2.45, 2.75) is 44.4 Å². The van der Waals surface area contributed by atoms with Gasteiger partial charge >= 0.3 is 0 Å². The molecule has 0 radical (unpaired) electrons. The van der Waals surface area contributed by atoms with E-state index in [2.05, 4.69) is 5.32 Å². The molecule has 1 N–H and O–H groups in total. The third-order valence-corrected chi connectivity index (χ3v) is 4.01. The Bertz CT molecular complexity index is 481. The van der Waals surface area contributed by atoms with Crippen LogP contribution in [-0.4, -0.2) is 24.1 Å². The molecular formula is C14H19ClN2O3. The Morgan fingerprint density at radius 3 is 2.90 bits per heavy atom. The van der Waals surface area contributed by atoms with E-state index in [1.807, 2.05) is 7.05 Å². The summed E-state index contributed by atoms with van der Waals surface area (Å²) in [4.78, 5) is 10.6. The maximum atomic E-state index is 11.0. The molecule has 0 bridgehead atoms. The van der Waals surface area contributed by atoms with Gasteiger partial charge in [0.1, 0.15) is 0 Å². The highest BCUT2D eigenvalue weighted by atomic mass is 35.5. The van der Waals surface area contributed by atoms with Crippen molar-refractivity contribution < 1.29 is 9.66 Å². The van der Waals surface area contributed by atoms with Crippen LogP contribution in [0.15, 0.2) is 18.2 Å². The van der Waals surface area contributed by atoms with Crippen molar-refractivity contribution in [3.63, 3.8) is 0 Å². The minimum absolute atomic E-state index is 0.0225. The highest BCUT2D eigenvalue weighted by Crippen LogP contribution is 2.26. The molecule has 0 aliphatic heterocycles. The van der Waals surface area contributed by atoms with Gasteiger partial charge in [0.05, 0.1) is 23.2 Å². The Morgan fingerprint density at radius 1 is 1.45 bits per heavy atom. The first kappa shape index (κ1) is 15.2. The molecule has 0 heterocycles. The van der Waals surface area contributed by atoms with Gasteiger partial charge in [0.15, 0.2) is 0 Å². The van der Waals surface area contributed by atoms with Crippen molar-refractivity contribution in [2.75, 3.05) is 7.05 Å². The van der Waals surface area contributed by atoms with Crippen LogP contribution in [-0.2, 0) is 11.3 Å². The average molecular weight is 299 g/mol. The number of nitrogens with zero attached hydrogens (tertiary/aromatic N) is 1. The number of halogens is 1. The number of ether oxygens (including phenoxy) is 1. The summed E-state index contributed by atoms with van der Waals surface area (Å²) in [7, 11) is 1.93. The number of nitrogens with one attached hydrogen (secondary N) is 1. The van der Waals surface area contributed by atoms with Gasteiger partial charge in [-0.05, 0) is 32.0 Å². The van der Waals surface area contributed by atoms with E-state index in [4.69, 9.17) is 16.3 Å². The molecule has 0 amide bonds. The number of rotatable bonds is 5. The monoisotopic (exact) mass is 298 g/mol. The predicted molar refractivity (Wildman–Crippen MR) is 78.0 cm³/mol. The molecular weight excluding hydrogens is 280 g/mol. The van der Waals surface area contributed by atoms with E-state index in [-0.39, 0.29) is 18.4 Å². The first-order chi connectivity index (χ1) is 9.61. The Morgan fingerprint density at radius 2 is 2.20 bits per heavy atom. The summed E-state index contributed by atoms with van der Waals surface area (Å²) in [6, 6.07) is 5.02. The van der Waals surface area contributed by atoms with E-state index in [1.54, 1.807) is 12.1 Å². The Balaban J connectivity index is 2.04. The van der Waals surface area contributed by atoms with Gasteiger partial charge in [0.25, 0.3) is 5.69 Å². The third-order valence-electron chi connectivity index (χ3n) is 3.77. The van der Waals surface area contributed by atoms with E-state index in [0.717, 1.165) is 19.3 Å². The second kappa shape index (κ2) is 7.02. The van der Waals surface area contributed by atoms with Crippen LogP contribution in [0, 0.1) is 10.1 Å². The van der Waals surface area contributed by atoms with Gasteiger partial charge < -0.3 is 10.1 Å². The van der Waals surface area contributed by atoms with E-state index < -0.39 is 4.92 Å². The molecule has 2 atom stereocenters. The highest BCUT2D eigenvalue weighted by molar-refractivity contribution is 6.30. The summed E-state index contributed by atoms with van der Waals surface area (Å²) in [5, 5.41) is 14.6. The number of nitro benzene ring substituents is 1. The fourth-order valence-corrected chi connectivity index (χ4v) is 2.82.